The minimum absolute atomic E-state index is 0.451. The standard InChI is InChI=1S/C17H27ClN4/c1-20-5-7-22(8-6-20)16-4-3-14(10-15(16)18)17-9-13(11-19)12-21(17)2/h3-4,10,13,17H,5-9,11-12,19H2,1-2H3. The minimum Gasteiger partial charge on any atom is -0.368 e. The van der Waals surface area contributed by atoms with Gasteiger partial charge in [0, 0.05) is 38.8 Å². The fourth-order valence-electron chi connectivity index (χ4n) is 3.70. The first-order valence-electron chi connectivity index (χ1n) is 8.21. The summed E-state index contributed by atoms with van der Waals surface area (Å²) < 4.78 is 0. The molecule has 0 spiro atoms. The predicted octanol–water partition coefficient (Wildman–Crippen LogP) is 2.04. The van der Waals surface area contributed by atoms with Crippen molar-refractivity contribution in [3.63, 3.8) is 0 Å². The fraction of sp³-hybridized carbons (Fsp3) is 0.647. The van der Waals surface area contributed by atoms with E-state index in [1.54, 1.807) is 0 Å². The van der Waals surface area contributed by atoms with Gasteiger partial charge in [0.2, 0.25) is 0 Å². The number of nitrogens with zero attached hydrogens (tertiary/aromatic N) is 3. The average molecular weight is 323 g/mol. The first-order chi connectivity index (χ1) is 10.6. The Hall–Kier alpha value is -0.810. The summed E-state index contributed by atoms with van der Waals surface area (Å²) >= 11 is 6.60. The summed E-state index contributed by atoms with van der Waals surface area (Å²) in [5, 5.41) is 0.881. The van der Waals surface area contributed by atoms with Crippen LogP contribution >= 0.6 is 11.6 Å². The molecule has 2 aliphatic heterocycles. The molecule has 2 N–H and O–H groups in total. The van der Waals surface area contributed by atoms with Crippen molar-refractivity contribution in [1.29, 1.82) is 0 Å². The molecular weight excluding hydrogens is 296 g/mol. The van der Waals surface area contributed by atoms with Crippen LogP contribution in [0.5, 0.6) is 0 Å². The maximum Gasteiger partial charge on any atom is 0.0642 e. The topological polar surface area (TPSA) is 35.7 Å². The van der Waals surface area contributed by atoms with E-state index in [2.05, 4.69) is 47.0 Å². The van der Waals surface area contributed by atoms with Gasteiger partial charge in [0.25, 0.3) is 0 Å². The van der Waals surface area contributed by atoms with Crippen molar-refractivity contribution >= 4 is 17.3 Å². The van der Waals surface area contributed by atoms with Crippen LogP contribution in [-0.2, 0) is 0 Å². The Kier molecular flexibility index (Phi) is 4.93. The van der Waals surface area contributed by atoms with Crippen molar-refractivity contribution in [2.45, 2.75) is 12.5 Å². The summed E-state index contributed by atoms with van der Waals surface area (Å²) in [6.07, 6.45) is 1.14. The highest BCUT2D eigenvalue weighted by Crippen LogP contribution is 2.37. The van der Waals surface area contributed by atoms with E-state index in [0.29, 0.717) is 12.0 Å². The van der Waals surface area contributed by atoms with Gasteiger partial charge in [-0.05, 0) is 50.7 Å². The van der Waals surface area contributed by atoms with Gasteiger partial charge in [0.1, 0.15) is 0 Å². The number of likely N-dealkylation sites (tertiary alicyclic amines) is 1. The number of piperazine rings is 1. The van der Waals surface area contributed by atoms with Crippen LogP contribution in [0.3, 0.4) is 0 Å². The van der Waals surface area contributed by atoms with E-state index in [1.807, 2.05) is 0 Å². The number of likely N-dealkylation sites (N-methyl/N-ethyl adjacent to an activating group) is 1. The van der Waals surface area contributed by atoms with Crippen LogP contribution in [0.4, 0.5) is 5.69 Å². The van der Waals surface area contributed by atoms with Crippen LogP contribution in [0.1, 0.15) is 18.0 Å². The predicted molar refractivity (Wildman–Crippen MR) is 93.7 cm³/mol. The first-order valence-corrected chi connectivity index (χ1v) is 8.59. The monoisotopic (exact) mass is 322 g/mol. The molecule has 0 aliphatic carbocycles. The second-order valence-electron chi connectivity index (χ2n) is 6.79. The lowest BCUT2D eigenvalue weighted by Crippen LogP contribution is -2.44. The Balaban J connectivity index is 1.75. The number of rotatable bonds is 3. The van der Waals surface area contributed by atoms with E-state index >= 15 is 0 Å². The molecule has 0 bridgehead atoms. The zero-order chi connectivity index (χ0) is 15.7. The van der Waals surface area contributed by atoms with Crippen molar-refractivity contribution in [2.75, 3.05) is 58.3 Å². The van der Waals surface area contributed by atoms with E-state index in [4.69, 9.17) is 17.3 Å². The molecule has 1 aromatic carbocycles. The van der Waals surface area contributed by atoms with Gasteiger partial charge in [0.05, 0.1) is 10.7 Å². The van der Waals surface area contributed by atoms with Crippen LogP contribution in [0.25, 0.3) is 0 Å². The Morgan fingerprint density at radius 2 is 1.91 bits per heavy atom. The van der Waals surface area contributed by atoms with E-state index in [1.165, 1.54) is 11.3 Å². The third-order valence-electron chi connectivity index (χ3n) is 5.17. The minimum atomic E-state index is 0.451. The molecule has 5 heteroatoms. The van der Waals surface area contributed by atoms with Gasteiger partial charge in [-0.25, -0.2) is 0 Å². The molecule has 2 saturated heterocycles. The van der Waals surface area contributed by atoms with Crippen LogP contribution in [0.2, 0.25) is 5.02 Å². The van der Waals surface area contributed by atoms with E-state index in [0.717, 1.165) is 50.7 Å². The van der Waals surface area contributed by atoms with Crippen LogP contribution < -0.4 is 10.6 Å². The number of hydrogen-bond acceptors (Lipinski definition) is 4. The van der Waals surface area contributed by atoms with Crippen molar-refractivity contribution in [3.8, 4) is 0 Å². The molecule has 3 rings (SSSR count). The lowest BCUT2D eigenvalue weighted by molar-refractivity contribution is 0.312. The molecule has 2 unspecified atom stereocenters. The zero-order valence-corrected chi connectivity index (χ0v) is 14.4. The van der Waals surface area contributed by atoms with Crippen LogP contribution in [0.15, 0.2) is 18.2 Å². The maximum atomic E-state index is 6.60. The van der Waals surface area contributed by atoms with Crippen LogP contribution in [-0.4, -0.2) is 63.2 Å². The summed E-state index contributed by atoms with van der Waals surface area (Å²) in [6, 6.07) is 7.06. The number of benzene rings is 1. The van der Waals surface area contributed by atoms with Crippen molar-refractivity contribution < 1.29 is 0 Å². The molecular formula is C17H27ClN4. The molecule has 2 aliphatic rings. The summed E-state index contributed by atoms with van der Waals surface area (Å²) in [5.41, 5.74) is 8.33. The molecule has 22 heavy (non-hydrogen) atoms. The van der Waals surface area contributed by atoms with Gasteiger partial charge in [-0.1, -0.05) is 17.7 Å². The SMILES string of the molecule is CN1CCN(c2ccc(C3CC(CN)CN3C)cc2Cl)CC1. The normalized spacial score (nSPS) is 27.5. The van der Waals surface area contributed by atoms with Gasteiger partial charge in [-0.15, -0.1) is 0 Å². The summed E-state index contributed by atoms with van der Waals surface area (Å²) in [6.45, 7) is 6.15. The van der Waals surface area contributed by atoms with Gasteiger partial charge in [0.15, 0.2) is 0 Å². The van der Waals surface area contributed by atoms with Crippen molar-refractivity contribution in [3.05, 3.63) is 28.8 Å². The highest BCUT2D eigenvalue weighted by molar-refractivity contribution is 6.33. The van der Waals surface area contributed by atoms with Crippen molar-refractivity contribution in [2.24, 2.45) is 11.7 Å². The van der Waals surface area contributed by atoms with Gasteiger partial charge >= 0.3 is 0 Å². The zero-order valence-electron chi connectivity index (χ0n) is 13.6. The van der Waals surface area contributed by atoms with Crippen LogP contribution in [0, 0.1) is 5.92 Å². The van der Waals surface area contributed by atoms with E-state index < -0.39 is 0 Å². The molecule has 0 amide bonds. The maximum absolute atomic E-state index is 6.60. The first kappa shape index (κ1) is 16.1. The second kappa shape index (κ2) is 6.75. The largest absolute Gasteiger partial charge is 0.368 e. The fourth-order valence-corrected chi connectivity index (χ4v) is 4.01. The van der Waals surface area contributed by atoms with E-state index in [9.17, 15) is 0 Å². The smallest absolute Gasteiger partial charge is 0.0642 e. The van der Waals surface area contributed by atoms with Gasteiger partial charge in [-0.3, -0.25) is 4.90 Å². The average Bonchev–Trinajstić information content (AvgIpc) is 2.89. The summed E-state index contributed by atoms with van der Waals surface area (Å²) in [4.78, 5) is 7.16. The highest BCUT2D eigenvalue weighted by atomic mass is 35.5. The Labute approximate surface area is 138 Å². The lowest BCUT2D eigenvalue weighted by Gasteiger charge is -2.34. The molecule has 2 atom stereocenters. The Morgan fingerprint density at radius 1 is 1.18 bits per heavy atom. The molecule has 2 heterocycles. The number of halogens is 1. The number of hydrogen-bond donors (Lipinski definition) is 1. The second-order valence-corrected chi connectivity index (χ2v) is 7.20. The third kappa shape index (κ3) is 3.25. The molecule has 2 fully saturated rings. The third-order valence-corrected chi connectivity index (χ3v) is 5.47. The summed E-state index contributed by atoms with van der Waals surface area (Å²) in [7, 11) is 4.36. The Bertz CT molecular complexity index is 513. The van der Waals surface area contributed by atoms with Gasteiger partial charge in [-0.2, -0.15) is 0 Å². The number of nitrogens with two attached hydrogens (primary N) is 1. The summed E-state index contributed by atoms with van der Waals surface area (Å²) in [5.74, 6) is 0.603. The molecule has 1 aromatic rings. The van der Waals surface area contributed by atoms with Crippen molar-refractivity contribution in [1.82, 2.24) is 9.80 Å². The molecule has 0 aromatic heterocycles. The van der Waals surface area contributed by atoms with Gasteiger partial charge < -0.3 is 15.5 Å². The lowest BCUT2D eigenvalue weighted by atomic mass is 9.99. The quantitative estimate of drug-likeness (QED) is 0.924. The molecule has 122 valence electrons. The number of anilines is 1. The Morgan fingerprint density at radius 3 is 2.50 bits per heavy atom. The highest BCUT2D eigenvalue weighted by Gasteiger charge is 2.30. The van der Waals surface area contributed by atoms with E-state index in [-0.39, 0.29) is 0 Å². The molecule has 0 radical (unpaired) electrons. The molecule has 0 saturated carbocycles. The molecule has 4 nitrogen and oxygen atoms in total.